The van der Waals surface area contributed by atoms with Gasteiger partial charge >= 0.3 is 0 Å². The lowest BCUT2D eigenvalue weighted by Crippen LogP contribution is -2.09. The number of anilines is 1. The molecule has 4 N–H and O–H groups in total. The van der Waals surface area contributed by atoms with Crippen LogP contribution in [0.5, 0.6) is 0 Å². The lowest BCUT2D eigenvalue weighted by Gasteiger charge is -2.01. The lowest BCUT2D eigenvalue weighted by molar-refractivity contribution is 0.600. The van der Waals surface area contributed by atoms with Crippen LogP contribution >= 0.6 is 23.1 Å². The average Bonchev–Trinajstić information content (AvgIpc) is 2.69. The van der Waals surface area contributed by atoms with E-state index in [2.05, 4.69) is 0 Å². The molecule has 0 bridgehead atoms. The molecule has 0 radical (unpaired) electrons. The first-order valence-electron chi connectivity index (χ1n) is 4.62. The molecule has 1 heterocycles. The molecule has 0 aliphatic heterocycles. The summed E-state index contributed by atoms with van der Waals surface area (Å²) in [5.74, 6) is 0. The fraction of sp³-hybridized carbons (Fsp3) is 0. The molecule has 90 valence electrons. The Morgan fingerprint density at radius 1 is 1.12 bits per heavy atom. The minimum absolute atomic E-state index is 0.162. The summed E-state index contributed by atoms with van der Waals surface area (Å²) in [4.78, 5) is 0.898. The minimum atomic E-state index is -3.61. The van der Waals surface area contributed by atoms with Gasteiger partial charge in [0.05, 0.1) is 4.21 Å². The number of para-hydroxylation sites is 1. The molecule has 0 saturated carbocycles. The van der Waals surface area contributed by atoms with Gasteiger partial charge in [0, 0.05) is 10.6 Å². The zero-order valence-electron chi connectivity index (χ0n) is 8.66. The molecule has 0 fully saturated rings. The van der Waals surface area contributed by atoms with Crippen molar-refractivity contribution in [1.29, 1.82) is 0 Å². The van der Waals surface area contributed by atoms with Crippen LogP contribution in [0.1, 0.15) is 0 Å². The number of benzene rings is 1. The number of primary sulfonamides is 1. The second-order valence-corrected chi connectivity index (χ2v) is 7.47. The first-order chi connectivity index (χ1) is 7.97. The number of hydrogen-bond acceptors (Lipinski definition) is 5. The summed E-state index contributed by atoms with van der Waals surface area (Å²) in [5.41, 5.74) is 6.47. The molecule has 0 atom stereocenters. The van der Waals surface area contributed by atoms with Crippen LogP contribution in [0.3, 0.4) is 0 Å². The fourth-order valence-corrected chi connectivity index (χ4v) is 4.20. The van der Waals surface area contributed by atoms with Gasteiger partial charge in [0.15, 0.2) is 0 Å². The fourth-order valence-electron chi connectivity index (χ4n) is 1.19. The zero-order valence-corrected chi connectivity index (χ0v) is 11.1. The van der Waals surface area contributed by atoms with Gasteiger partial charge in [0.2, 0.25) is 10.0 Å². The predicted molar refractivity (Wildman–Crippen MR) is 70.7 cm³/mol. The van der Waals surface area contributed by atoms with Crippen LogP contribution in [0.2, 0.25) is 0 Å². The highest BCUT2D eigenvalue weighted by atomic mass is 32.3. The second kappa shape index (κ2) is 4.69. The standard InChI is InChI=1S/C10H10N2O2S3/c11-7-3-1-2-4-8(7)15-9-5-6-10(16-9)17(12,13)14/h1-6H,11H2,(H2,12,13,14). The van der Waals surface area contributed by atoms with E-state index in [1.807, 2.05) is 18.2 Å². The number of nitrogens with two attached hydrogens (primary N) is 2. The number of sulfonamides is 1. The van der Waals surface area contributed by atoms with E-state index in [1.165, 1.54) is 17.8 Å². The van der Waals surface area contributed by atoms with Crippen LogP contribution < -0.4 is 10.9 Å². The van der Waals surface area contributed by atoms with Gasteiger partial charge < -0.3 is 5.73 Å². The van der Waals surface area contributed by atoms with Gasteiger partial charge in [-0.2, -0.15) is 0 Å². The number of hydrogen-bond donors (Lipinski definition) is 2. The van der Waals surface area contributed by atoms with Crippen molar-refractivity contribution in [3.63, 3.8) is 0 Å². The number of nitrogen functional groups attached to an aromatic ring is 1. The molecule has 2 rings (SSSR count). The maximum Gasteiger partial charge on any atom is 0.247 e. The molecule has 4 nitrogen and oxygen atoms in total. The molecule has 1 aromatic carbocycles. The second-order valence-electron chi connectivity index (χ2n) is 3.26. The van der Waals surface area contributed by atoms with Gasteiger partial charge in [-0.3, -0.25) is 0 Å². The first kappa shape index (κ1) is 12.4. The van der Waals surface area contributed by atoms with E-state index in [9.17, 15) is 8.42 Å². The Kier molecular flexibility index (Phi) is 3.43. The van der Waals surface area contributed by atoms with Crippen molar-refractivity contribution in [3.05, 3.63) is 36.4 Å². The van der Waals surface area contributed by atoms with Crippen LogP contribution in [-0.2, 0) is 10.0 Å². The third-order valence-corrected chi connectivity index (χ3v) is 5.71. The van der Waals surface area contributed by atoms with E-state index in [4.69, 9.17) is 10.9 Å². The van der Waals surface area contributed by atoms with Crippen LogP contribution in [0, 0.1) is 0 Å². The van der Waals surface area contributed by atoms with Crippen LogP contribution in [-0.4, -0.2) is 8.42 Å². The Hall–Kier alpha value is -1.02. The number of thiophene rings is 1. The highest BCUT2D eigenvalue weighted by Crippen LogP contribution is 2.37. The molecule has 2 aromatic rings. The Morgan fingerprint density at radius 2 is 1.82 bits per heavy atom. The molecule has 0 saturated heterocycles. The minimum Gasteiger partial charge on any atom is -0.398 e. The maximum atomic E-state index is 11.1. The molecular formula is C10H10N2O2S3. The van der Waals surface area contributed by atoms with Crippen molar-refractivity contribution in [2.24, 2.45) is 5.14 Å². The topological polar surface area (TPSA) is 86.2 Å². The van der Waals surface area contributed by atoms with E-state index in [1.54, 1.807) is 12.1 Å². The van der Waals surface area contributed by atoms with Crippen molar-refractivity contribution in [1.82, 2.24) is 0 Å². The van der Waals surface area contributed by atoms with Crippen LogP contribution in [0.4, 0.5) is 5.69 Å². The average molecular weight is 286 g/mol. The van der Waals surface area contributed by atoms with Gasteiger partial charge in [-0.1, -0.05) is 23.9 Å². The van der Waals surface area contributed by atoms with Gasteiger partial charge in [-0.05, 0) is 24.3 Å². The van der Waals surface area contributed by atoms with Gasteiger partial charge in [-0.25, -0.2) is 13.6 Å². The van der Waals surface area contributed by atoms with E-state index >= 15 is 0 Å². The van der Waals surface area contributed by atoms with E-state index in [0.29, 0.717) is 5.69 Å². The van der Waals surface area contributed by atoms with Crippen LogP contribution in [0.15, 0.2) is 49.7 Å². The van der Waals surface area contributed by atoms with Gasteiger partial charge in [-0.15, -0.1) is 11.3 Å². The molecule has 0 spiro atoms. The Labute approximate surface area is 108 Å². The summed E-state index contributed by atoms with van der Waals surface area (Å²) in [5, 5.41) is 5.04. The molecular weight excluding hydrogens is 276 g/mol. The van der Waals surface area contributed by atoms with Crippen molar-refractivity contribution < 1.29 is 8.42 Å². The molecule has 17 heavy (non-hydrogen) atoms. The van der Waals surface area contributed by atoms with Crippen molar-refractivity contribution in [3.8, 4) is 0 Å². The van der Waals surface area contributed by atoms with Crippen molar-refractivity contribution in [2.75, 3.05) is 5.73 Å². The monoisotopic (exact) mass is 286 g/mol. The molecule has 0 unspecified atom stereocenters. The zero-order chi connectivity index (χ0) is 12.5. The van der Waals surface area contributed by atoms with Crippen molar-refractivity contribution >= 4 is 38.8 Å². The molecule has 7 heteroatoms. The Balaban J connectivity index is 2.26. The largest absolute Gasteiger partial charge is 0.398 e. The number of rotatable bonds is 3. The van der Waals surface area contributed by atoms with Gasteiger partial charge in [0.1, 0.15) is 4.21 Å². The summed E-state index contributed by atoms with van der Waals surface area (Å²) in [6, 6.07) is 10.6. The summed E-state index contributed by atoms with van der Waals surface area (Å²) < 4.78 is 23.2. The molecule has 0 aliphatic carbocycles. The predicted octanol–water partition coefficient (Wildman–Crippen LogP) is 2.13. The first-order valence-corrected chi connectivity index (χ1v) is 7.80. The smallest absolute Gasteiger partial charge is 0.247 e. The summed E-state index contributed by atoms with van der Waals surface area (Å²) >= 11 is 2.56. The summed E-state index contributed by atoms with van der Waals surface area (Å²) in [7, 11) is -3.61. The third-order valence-electron chi connectivity index (χ3n) is 1.97. The lowest BCUT2D eigenvalue weighted by atomic mass is 10.3. The third kappa shape index (κ3) is 3.01. The quantitative estimate of drug-likeness (QED) is 0.846. The van der Waals surface area contributed by atoms with E-state index in [0.717, 1.165) is 20.4 Å². The van der Waals surface area contributed by atoms with Gasteiger partial charge in [0.25, 0.3) is 0 Å². The SMILES string of the molecule is Nc1ccccc1Sc1ccc(S(N)(=O)=O)s1. The van der Waals surface area contributed by atoms with E-state index < -0.39 is 10.0 Å². The maximum absolute atomic E-state index is 11.1. The van der Waals surface area contributed by atoms with E-state index in [-0.39, 0.29) is 4.21 Å². The summed E-state index contributed by atoms with van der Waals surface area (Å²) in [6.45, 7) is 0. The Bertz CT molecular complexity index is 635. The Morgan fingerprint density at radius 3 is 2.41 bits per heavy atom. The highest BCUT2D eigenvalue weighted by Gasteiger charge is 2.12. The normalized spacial score (nSPS) is 11.6. The molecule has 1 aromatic heterocycles. The molecule has 0 amide bonds. The van der Waals surface area contributed by atoms with Crippen LogP contribution in [0.25, 0.3) is 0 Å². The highest BCUT2D eigenvalue weighted by molar-refractivity contribution is 8.01. The van der Waals surface area contributed by atoms with Crippen molar-refractivity contribution in [2.45, 2.75) is 13.3 Å². The molecule has 0 aliphatic rings. The summed E-state index contributed by atoms with van der Waals surface area (Å²) in [6.07, 6.45) is 0.